The van der Waals surface area contributed by atoms with Gasteiger partial charge in [-0.2, -0.15) is 0 Å². The summed E-state index contributed by atoms with van der Waals surface area (Å²) in [5.74, 6) is 0. The van der Waals surface area contributed by atoms with E-state index < -0.39 is 13.9 Å². The zero-order valence-corrected chi connectivity index (χ0v) is 22.5. The summed E-state index contributed by atoms with van der Waals surface area (Å²) >= 11 is 0. The molecule has 0 aliphatic carbocycles. The maximum Gasteiger partial charge on any atom is 0.268 e. The molecule has 0 aromatic rings. The second-order valence-corrected chi connectivity index (χ2v) is 11.1. The summed E-state index contributed by atoms with van der Waals surface area (Å²) in [5, 5.41) is 0. The minimum absolute atomic E-state index is 0.0719. The van der Waals surface area contributed by atoms with E-state index in [0.29, 0.717) is 30.8 Å². The van der Waals surface area contributed by atoms with Gasteiger partial charge in [-0.25, -0.2) is 0 Å². The molecule has 0 bridgehead atoms. The third-order valence-electron chi connectivity index (χ3n) is 5.23. The lowest BCUT2D eigenvalue weighted by molar-refractivity contribution is -0.870. The van der Waals surface area contributed by atoms with Crippen LogP contribution in [0.3, 0.4) is 0 Å². The van der Waals surface area contributed by atoms with E-state index in [1.807, 2.05) is 21.1 Å². The van der Waals surface area contributed by atoms with Crippen molar-refractivity contribution in [2.75, 3.05) is 60.7 Å². The average Bonchev–Trinajstić information content (AvgIpc) is 2.71. The van der Waals surface area contributed by atoms with Gasteiger partial charge in [0.05, 0.1) is 34.4 Å². The Labute approximate surface area is 198 Å². The molecule has 2 unspecified atom stereocenters. The normalized spacial score (nSPS) is 15.1. The van der Waals surface area contributed by atoms with Gasteiger partial charge in [0.1, 0.15) is 19.3 Å². The van der Waals surface area contributed by atoms with Gasteiger partial charge in [-0.3, -0.25) is 4.57 Å². The van der Waals surface area contributed by atoms with Crippen molar-refractivity contribution in [1.29, 1.82) is 0 Å². The van der Waals surface area contributed by atoms with Crippen molar-refractivity contribution in [2.45, 2.75) is 97.0 Å². The van der Waals surface area contributed by atoms with Crippen LogP contribution in [0.1, 0.15) is 90.9 Å². The summed E-state index contributed by atoms with van der Waals surface area (Å²) in [6, 6.07) is 0. The van der Waals surface area contributed by atoms with Gasteiger partial charge in [0.2, 0.25) is 0 Å². The monoisotopic (exact) mass is 481 g/mol. The zero-order chi connectivity index (χ0) is 24.1. The molecule has 0 aliphatic rings. The molecule has 0 aromatic heterocycles. The molecule has 0 rings (SSSR count). The molecule has 0 N–H and O–H groups in total. The average molecular weight is 482 g/mol. The van der Waals surface area contributed by atoms with Crippen LogP contribution in [0.2, 0.25) is 0 Å². The van der Waals surface area contributed by atoms with E-state index in [4.69, 9.17) is 18.5 Å². The Morgan fingerprint density at radius 2 is 1.25 bits per heavy atom. The standard InChI is InChI=1S/C24H52NO6P/c1-6-8-10-12-14-16-19-28-22-24(29-20-17-15-13-11-9-7-2)23-31-32(26,27)30-21-18-25(3,4)5/h24H,6-23H2,1-5H3. The predicted molar refractivity (Wildman–Crippen MR) is 130 cm³/mol. The molecule has 0 saturated heterocycles. The number of likely N-dealkylation sites (N-methyl/N-ethyl adjacent to an activating group) is 1. The first-order valence-corrected chi connectivity index (χ1v) is 14.3. The maximum atomic E-state index is 12.1. The molecule has 0 aromatic carbocycles. The van der Waals surface area contributed by atoms with Crippen LogP contribution in [0.15, 0.2) is 0 Å². The number of phosphoric ester groups is 1. The van der Waals surface area contributed by atoms with Crippen LogP contribution in [0.4, 0.5) is 0 Å². The van der Waals surface area contributed by atoms with Gasteiger partial charge in [0.15, 0.2) is 0 Å². The summed E-state index contributed by atoms with van der Waals surface area (Å²) in [7, 11) is 1.59. The highest BCUT2D eigenvalue weighted by Crippen LogP contribution is 2.38. The van der Waals surface area contributed by atoms with Crippen molar-refractivity contribution >= 4 is 7.82 Å². The topological polar surface area (TPSA) is 77.1 Å². The fourth-order valence-corrected chi connectivity index (χ4v) is 3.84. The molecule has 0 radical (unpaired) electrons. The van der Waals surface area contributed by atoms with Crippen LogP contribution in [0, 0.1) is 0 Å². The minimum Gasteiger partial charge on any atom is -0.756 e. The van der Waals surface area contributed by atoms with Crippen molar-refractivity contribution in [3.05, 3.63) is 0 Å². The molecule has 194 valence electrons. The van der Waals surface area contributed by atoms with Crippen LogP contribution in [0.5, 0.6) is 0 Å². The molecular weight excluding hydrogens is 429 g/mol. The Balaban J connectivity index is 4.25. The van der Waals surface area contributed by atoms with E-state index in [-0.39, 0.29) is 13.2 Å². The summed E-state index contributed by atoms with van der Waals surface area (Å²) in [6.07, 6.45) is 13.9. The van der Waals surface area contributed by atoms with E-state index >= 15 is 0 Å². The zero-order valence-electron chi connectivity index (χ0n) is 21.6. The fraction of sp³-hybridized carbons (Fsp3) is 1.00. The van der Waals surface area contributed by atoms with Crippen LogP contribution in [-0.2, 0) is 23.1 Å². The molecular formula is C24H52NO6P. The van der Waals surface area contributed by atoms with Gasteiger partial charge >= 0.3 is 0 Å². The Hall–Kier alpha value is -0.0100. The fourth-order valence-electron chi connectivity index (χ4n) is 3.11. The first-order chi connectivity index (χ1) is 15.2. The molecule has 0 amide bonds. The van der Waals surface area contributed by atoms with Crippen LogP contribution in [0.25, 0.3) is 0 Å². The van der Waals surface area contributed by atoms with E-state index in [1.54, 1.807) is 0 Å². The predicted octanol–water partition coefficient (Wildman–Crippen LogP) is 5.32. The summed E-state index contributed by atoms with van der Waals surface area (Å²) in [5.41, 5.74) is 0. The number of hydrogen-bond acceptors (Lipinski definition) is 6. The van der Waals surface area contributed by atoms with Crippen molar-refractivity contribution in [3.63, 3.8) is 0 Å². The second-order valence-electron chi connectivity index (χ2n) is 9.69. The number of rotatable bonds is 24. The Kier molecular flexibility index (Phi) is 20.4. The number of quaternary nitrogens is 1. The summed E-state index contributed by atoms with van der Waals surface area (Å²) in [6.45, 7) is 6.62. The van der Waals surface area contributed by atoms with Gasteiger partial charge in [-0.15, -0.1) is 0 Å². The Bertz CT molecular complexity index is 458. The third-order valence-corrected chi connectivity index (χ3v) is 6.19. The molecule has 0 fully saturated rings. The third kappa shape index (κ3) is 23.2. The smallest absolute Gasteiger partial charge is 0.268 e. The molecule has 7 nitrogen and oxygen atoms in total. The molecule has 2 atom stereocenters. The number of unbranched alkanes of at least 4 members (excludes halogenated alkanes) is 10. The van der Waals surface area contributed by atoms with E-state index in [2.05, 4.69) is 13.8 Å². The van der Waals surface area contributed by atoms with Crippen LogP contribution in [-0.4, -0.2) is 71.3 Å². The van der Waals surface area contributed by atoms with Crippen molar-refractivity contribution in [2.24, 2.45) is 0 Å². The highest BCUT2D eigenvalue weighted by molar-refractivity contribution is 7.45. The molecule has 8 heteroatoms. The number of hydrogen-bond donors (Lipinski definition) is 0. The molecule has 0 aliphatic heterocycles. The van der Waals surface area contributed by atoms with Crippen molar-refractivity contribution < 1.29 is 32.5 Å². The number of ether oxygens (including phenoxy) is 2. The highest BCUT2D eigenvalue weighted by atomic mass is 31.2. The van der Waals surface area contributed by atoms with Crippen LogP contribution >= 0.6 is 7.82 Å². The van der Waals surface area contributed by atoms with E-state index in [9.17, 15) is 9.46 Å². The van der Waals surface area contributed by atoms with Gasteiger partial charge in [-0.05, 0) is 12.8 Å². The number of nitrogens with zero attached hydrogens (tertiary/aromatic N) is 1. The second kappa shape index (κ2) is 20.4. The maximum absolute atomic E-state index is 12.1. The van der Waals surface area contributed by atoms with Crippen molar-refractivity contribution in [1.82, 2.24) is 0 Å². The molecule has 0 spiro atoms. The van der Waals surface area contributed by atoms with E-state index in [1.165, 1.54) is 51.4 Å². The first-order valence-electron chi connectivity index (χ1n) is 12.8. The lowest BCUT2D eigenvalue weighted by Crippen LogP contribution is -2.37. The van der Waals surface area contributed by atoms with Crippen LogP contribution < -0.4 is 4.89 Å². The lowest BCUT2D eigenvalue weighted by Gasteiger charge is -2.28. The lowest BCUT2D eigenvalue weighted by atomic mass is 10.1. The van der Waals surface area contributed by atoms with Crippen molar-refractivity contribution in [3.8, 4) is 0 Å². The minimum atomic E-state index is -4.35. The molecule has 0 heterocycles. The van der Waals surface area contributed by atoms with Gasteiger partial charge in [-0.1, -0.05) is 78.1 Å². The SMILES string of the molecule is CCCCCCCCOCC(COP(=O)([O-])OCC[N+](C)(C)C)OCCCCCCCC. The molecule has 32 heavy (non-hydrogen) atoms. The number of phosphoric acid groups is 1. The summed E-state index contributed by atoms with van der Waals surface area (Å²) < 4.78 is 34.5. The van der Waals surface area contributed by atoms with E-state index in [0.717, 1.165) is 25.7 Å². The Morgan fingerprint density at radius 1 is 0.719 bits per heavy atom. The Morgan fingerprint density at radius 3 is 1.81 bits per heavy atom. The quantitative estimate of drug-likeness (QED) is 0.106. The molecule has 0 saturated carbocycles. The van der Waals surface area contributed by atoms with Gasteiger partial charge < -0.3 is 27.9 Å². The first kappa shape index (κ1) is 32.0. The highest BCUT2D eigenvalue weighted by Gasteiger charge is 2.17. The summed E-state index contributed by atoms with van der Waals surface area (Å²) in [4.78, 5) is 12.1. The largest absolute Gasteiger partial charge is 0.756 e. The van der Waals surface area contributed by atoms with Gasteiger partial charge in [0, 0.05) is 13.2 Å². The van der Waals surface area contributed by atoms with Gasteiger partial charge in [0.25, 0.3) is 7.82 Å².